The number of fused-ring (bicyclic) bond motifs is 1. The van der Waals surface area contributed by atoms with Crippen molar-refractivity contribution < 1.29 is 0 Å². The summed E-state index contributed by atoms with van der Waals surface area (Å²) in [6.45, 7) is 0. The average Bonchev–Trinajstić information content (AvgIpc) is 2.85. The van der Waals surface area contributed by atoms with E-state index in [2.05, 4.69) is 47.2 Å². The second kappa shape index (κ2) is 3.23. The third kappa shape index (κ3) is 1.19. The standard InChI is InChI=1S/C12H8S2/c1-2-5-11-9(4-1)10(8-14-11)12-6-3-7-13-12/h1-8H. The van der Waals surface area contributed by atoms with E-state index in [9.17, 15) is 0 Å². The summed E-state index contributed by atoms with van der Waals surface area (Å²) in [6.07, 6.45) is 0. The number of hydrogen-bond donors (Lipinski definition) is 0. The highest BCUT2D eigenvalue weighted by Crippen LogP contribution is 2.35. The van der Waals surface area contributed by atoms with Crippen LogP contribution in [0, 0.1) is 0 Å². The van der Waals surface area contributed by atoms with Gasteiger partial charge in [-0.1, -0.05) is 24.3 Å². The Hall–Kier alpha value is -1.12. The monoisotopic (exact) mass is 216 g/mol. The summed E-state index contributed by atoms with van der Waals surface area (Å²) in [5.74, 6) is 0. The number of hydrogen-bond acceptors (Lipinski definition) is 2. The molecule has 2 aromatic heterocycles. The van der Waals surface area contributed by atoms with Crippen molar-refractivity contribution in [3.05, 3.63) is 47.2 Å². The van der Waals surface area contributed by atoms with Gasteiger partial charge in [-0.15, -0.1) is 22.7 Å². The Morgan fingerprint density at radius 3 is 2.64 bits per heavy atom. The minimum Gasteiger partial charge on any atom is -0.144 e. The smallest absolute Gasteiger partial charge is 0.0357 e. The summed E-state index contributed by atoms with van der Waals surface area (Å²) in [7, 11) is 0. The first-order chi connectivity index (χ1) is 6.95. The van der Waals surface area contributed by atoms with E-state index in [0.29, 0.717) is 0 Å². The van der Waals surface area contributed by atoms with Crippen molar-refractivity contribution in [1.82, 2.24) is 0 Å². The highest BCUT2D eigenvalue weighted by molar-refractivity contribution is 7.19. The van der Waals surface area contributed by atoms with E-state index in [-0.39, 0.29) is 0 Å². The Kier molecular flexibility index (Phi) is 1.89. The molecule has 0 N–H and O–H groups in total. The van der Waals surface area contributed by atoms with E-state index in [1.807, 2.05) is 11.3 Å². The molecule has 0 aliphatic carbocycles. The molecule has 0 spiro atoms. The molecule has 0 radical (unpaired) electrons. The van der Waals surface area contributed by atoms with Crippen LogP contribution in [0.25, 0.3) is 20.5 Å². The van der Waals surface area contributed by atoms with Gasteiger partial charge in [-0.2, -0.15) is 0 Å². The molecule has 0 unspecified atom stereocenters. The van der Waals surface area contributed by atoms with Gasteiger partial charge in [-0.25, -0.2) is 0 Å². The van der Waals surface area contributed by atoms with Crippen LogP contribution in [0.3, 0.4) is 0 Å². The van der Waals surface area contributed by atoms with Gasteiger partial charge in [0.2, 0.25) is 0 Å². The molecule has 2 heteroatoms. The van der Waals surface area contributed by atoms with Crippen molar-refractivity contribution in [2.24, 2.45) is 0 Å². The maximum atomic E-state index is 2.25. The second-order valence-corrected chi connectivity index (χ2v) is 4.98. The van der Waals surface area contributed by atoms with Gasteiger partial charge in [0, 0.05) is 25.9 Å². The molecule has 0 amide bonds. The van der Waals surface area contributed by atoms with E-state index < -0.39 is 0 Å². The predicted octanol–water partition coefficient (Wildman–Crippen LogP) is 4.63. The largest absolute Gasteiger partial charge is 0.144 e. The zero-order chi connectivity index (χ0) is 9.38. The average molecular weight is 216 g/mol. The van der Waals surface area contributed by atoms with Crippen LogP contribution in [0.4, 0.5) is 0 Å². The van der Waals surface area contributed by atoms with Crippen molar-refractivity contribution in [2.75, 3.05) is 0 Å². The first-order valence-corrected chi connectivity index (χ1v) is 6.21. The summed E-state index contributed by atoms with van der Waals surface area (Å²) in [6, 6.07) is 12.9. The molecule has 0 aliphatic rings. The van der Waals surface area contributed by atoms with Crippen LogP contribution in [0.1, 0.15) is 0 Å². The Morgan fingerprint density at radius 2 is 1.79 bits per heavy atom. The molecule has 14 heavy (non-hydrogen) atoms. The third-order valence-electron chi connectivity index (χ3n) is 2.27. The van der Waals surface area contributed by atoms with Crippen molar-refractivity contribution in [3.8, 4) is 10.4 Å². The van der Waals surface area contributed by atoms with Crippen molar-refractivity contribution in [2.45, 2.75) is 0 Å². The normalized spacial score (nSPS) is 10.9. The molecule has 0 atom stereocenters. The summed E-state index contributed by atoms with van der Waals surface area (Å²) in [5.41, 5.74) is 1.38. The maximum absolute atomic E-state index is 2.25. The highest BCUT2D eigenvalue weighted by atomic mass is 32.1. The summed E-state index contributed by atoms with van der Waals surface area (Å²) in [5, 5.41) is 5.75. The molecule has 0 aliphatic heterocycles. The molecule has 0 nitrogen and oxygen atoms in total. The van der Waals surface area contributed by atoms with Crippen molar-refractivity contribution in [3.63, 3.8) is 0 Å². The lowest BCUT2D eigenvalue weighted by Gasteiger charge is -1.93. The lowest BCUT2D eigenvalue weighted by atomic mass is 10.1. The van der Waals surface area contributed by atoms with Crippen LogP contribution < -0.4 is 0 Å². The molecule has 1 aromatic carbocycles. The van der Waals surface area contributed by atoms with Crippen LogP contribution in [0.5, 0.6) is 0 Å². The Bertz CT molecular complexity index is 546. The Labute approximate surface area is 90.5 Å². The van der Waals surface area contributed by atoms with Gasteiger partial charge in [0.05, 0.1) is 0 Å². The topological polar surface area (TPSA) is 0 Å². The van der Waals surface area contributed by atoms with Gasteiger partial charge in [-0.05, 0) is 17.5 Å². The fraction of sp³-hybridized carbons (Fsp3) is 0. The van der Waals surface area contributed by atoms with Crippen LogP contribution in [0.15, 0.2) is 47.2 Å². The number of benzene rings is 1. The summed E-state index contributed by atoms with van der Waals surface area (Å²) >= 11 is 3.62. The van der Waals surface area contributed by atoms with Crippen molar-refractivity contribution >= 4 is 32.8 Å². The highest BCUT2D eigenvalue weighted by Gasteiger charge is 2.05. The van der Waals surface area contributed by atoms with E-state index in [1.54, 1.807) is 11.3 Å². The minimum atomic E-state index is 1.36. The molecule has 68 valence electrons. The van der Waals surface area contributed by atoms with E-state index in [1.165, 1.54) is 20.5 Å². The predicted molar refractivity (Wildman–Crippen MR) is 65.1 cm³/mol. The lowest BCUT2D eigenvalue weighted by molar-refractivity contribution is 1.84. The molecule has 0 saturated heterocycles. The fourth-order valence-corrected chi connectivity index (χ4v) is 3.39. The third-order valence-corrected chi connectivity index (χ3v) is 4.13. The molecule has 2 heterocycles. The zero-order valence-corrected chi connectivity index (χ0v) is 9.07. The van der Waals surface area contributed by atoms with E-state index in [0.717, 1.165) is 0 Å². The molecule has 0 bridgehead atoms. The zero-order valence-electron chi connectivity index (χ0n) is 7.44. The molecule has 3 aromatic rings. The first-order valence-electron chi connectivity index (χ1n) is 4.45. The summed E-state index contributed by atoms with van der Waals surface area (Å²) < 4.78 is 1.37. The lowest BCUT2D eigenvalue weighted by Crippen LogP contribution is -1.67. The Morgan fingerprint density at radius 1 is 0.857 bits per heavy atom. The van der Waals surface area contributed by atoms with Crippen LogP contribution in [-0.4, -0.2) is 0 Å². The van der Waals surface area contributed by atoms with Gasteiger partial charge in [0.15, 0.2) is 0 Å². The molecular weight excluding hydrogens is 208 g/mol. The number of rotatable bonds is 1. The molecule has 3 rings (SSSR count). The van der Waals surface area contributed by atoms with Gasteiger partial charge < -0.3 is 0 Å². The Balaban J connectivity index is 2.33. The van der Waals surface area contributed by atoms with Gasteiger partial charge in [-0.3, -0.25) is 0 Å². The van der Waals surface area contributed by atoms with Crippen LogP contribution in [0.2, 0.25) is 0 Å². The summed E-state index contributed by atoms with van der Waals surface area (Å²) in [4.78, 5) is 1.36. The maximum Gasteiger partial charge on any atom is 0.0357 e. The van der Waals surface area contributed by atoms with E-state index in [4.69, 9.17) is 0 Å². The van der Waals surface area contributed by atoms with Gasteiger partial charge >= 0.3 is 0 Å². The van der Waals surface area contributed by atoms with E-state index >= 15 is 0 Å². The fourth-order valence-electron chi connectivity index (χ4n) is 1.60. The first kappa shape index (κ1) is 8.21. The minimum absolute atomic E-state index is 1.36. The number of thiophene rings is 2. The van der Waals surface area contributed by atoms with Gasteiger partial charge in [0.1, 0.15) is 0 Å². The van der Waals surface area contributed by atoms with Crippen LogP contribution in [-0.2, 0) is 0 Å². The second-order valence-electron chi connectivity index (χ2n) is 3.12. The van der Waals surface area contributed by atoms with Crippen molar-refractivity contribution in [1.29, 1.82) is 0 Å². The SMILES string of the molecule is c1csc(-c2csc3ccccc23)c1. The van der Waals surface area contributed by atoms with Gasteiger partial charge in [0.25, 0.3) is 0 Å². The molecular formula is C12H8S2. The molecule has 0 saturated carbocycles. The molecule has 0 fully saturated rings. The quantitative estimate of drug-likeness (QED) is 0.556. The van der Waals surface area contributed by atoms with Crippen LogP contribution >= 0.6 is 22.7 Å².